The molecule has 0 radical (unpaired) electrons. The van der Waals surface area contributed by atoms with Gasteiger partial charge in [0.1, 0.15) is 0 Å². The maximum Gasteiger partial charge on any atom is 0.241 e. The smallest absolute Gasteiger partial charge is 0.241 e. The lowest BCUT2D eigenvalue weighted by Gasteiger charge is -2.31. The molecule has 0 spiro atoms. The van der Waals surface area contributed by atoms with E-state index in [2.05, 4.69) is 5.32 Å². The number of fused-ring (bicyclic) bond motifs is 1. The first-order valence-corrected chi connectivity index (χ1v) is 8.85. The number of likely N-dealkylation sites (tertiary alicyclic amines) is 1. The number of primary amides is 1. The van der Waals surface area contributed by atoms with Crippen LogP contribution in [0.3, 0.4) is 0 Å². The molecule has 0 aliphatic carbocycles. The molecular weight excluding hydrogens is 330 g/mol. The van der Waals surface area contributed by atoms with Crippen LogP contribution in [0.1, 0.15) is 18.4 Å². The maximum absolute atomic E-state index is 12.3. The van der Waals surface area contributed by atoms with Crippen molar-refractivity contribution >= 4 is 28.5 Å². The van der Waals surface area contributed by atoms with Crippen LogP contribution in [-0.2, 0) is 20.8 Å². The van der Waals surface area contributed by atoms with E-state index in [1.165, 1.54) is 0 Å². The van der Waals surface area contributed by atoms with Gasteiger partial charge in [-0.2, -0.15) is 0 Å². The van der Waals surface area contributed by atoms with Crippen LogP contribution >= 0.6 is 0 Å². The highest BCUT2D eigenvalue weighted by Gasteiger charge is 2.26. The highest BCUT2D eigenvalue weighted by atomic mass is 16.2. The number of nitrogens with one attached hydrogen (secondary N) is 1. The number of piperidine rings is 1. The number of carbonyl (C=O) groups is 3. The van der Waals surface area contributed by atoms with Crippen molar-refractivity contribution in [3.63, 3.8) is 0 Å². The normalized spacial score (nSPS) is 17.1. The Kier molecular flexibility index (Phi) is 5.51. The highest BCUT2D eigenvalue weighted by Crippen LogP contribution is 2.19. The molecule has 1 heterocycles. The summed E-state index contributed by atoms with van der Waals surface area (Å²) in [4.78, 5) is 37.5. The number of hydrogen-bond donors (Lipinski definition) is 2. The van der Waals surface area contributed by atoms with E-state index in [1.807, 2.05) is 42.5 Å². The van der Waals surface area contributed by atoms with Gasteiger partial charge < -0.3 is 16.0 Å². The van der Waals surface area contributed by atoms with E-state index in [1.54, 1.807) is 4.90 Å². The third kappa shape index (κ3) is 4.20. The fourth-order valence-corrected chi connectivity index (χ4v) is 3.40. The minimum Gasteiger partial charge on any atom is -0.369 e. The van der Waals surface area contributed by atoms with Gasteiger partial charge in [-0.15, -0.1) is 0 Å². The average Bonchev–Trinajstić information content (AvgIpc) is 2.66. The number of carbonyl (C=O) groups excluding carboxylic acids is 3. The first-order valence-electron chi connectivity index (χ1n) is 8.85. The lowest BCUT2D eigenvalue weighted by atomic mass is 9.97. The van der Waals surface area contributed by atoms with E-state index < -0.39 is 0 Å². The molecule has 0 saturated carbocycles. The molecule has 1 unspecified atom stereocenters. The topological polar surface area (TPSA) is 92.5 Å². The number of benzene rings is 2. The van der Waals surface area contributed by atoms with Gasteiger partial charge in [-0.3, -0.25) is 14.4 Å². The van der Waals surface area contributed by atoms with Gasteiger partial charge in [-0.25, -0.2) is 0 Å². The van der Waals surface area contributed by atoms with Crippen molar-refractivity contribution in [2.45, 2.75) is 19.3 Å². The van der Waals surface area contributed by atoms with Crippen LogP contribution in [0.4, 0.5) is 0 Å². The maximum atomic E-state index is 12.3. The molecule has 3 rings (SSSR count). The summed E-state index contributed by atoms with van der Waals surface area (Å²) in [6.07, 6.45) is 1.69. The molecule has 6 heteroatoms. The number of rotatable bonds is 5. The summed E-state index contributed by atoms with van der Waals surface area (Å²) in [5.41, 5.74) is 6.27. The Morgan fingerprint density at radius 3 is 2.69 bits per heavy atom. The van der Waals surface area contributed by atoms with E-state index in [4.69, 9.17) is 5.73 Å². The standard InChI is InChI=1S/C20H23N3O3/c21-20(26)16-8-4-10-23(13-16)19(25)12-22-18(24)11-15-7-3-6-14-5-1-2-9-17(14)15/h1-3,5-7,9,16H,4,8,10-13H2,(H2,21,26)(H,22,24). The molecule has 1 atom stereocenters. The second-order valence-electron chi connectivity index (χ2n) is 6.67. The first kappa shape index (κ1) is 17.9. The zero-order valence-corrected chi connectivity index (χ0v) is 14.6. The van der Waals surface area contributed by atoms with Crippen LogP contribution in [0.5, 0.6) is 0 Å². The molecule has 3 amide bonds. The first-order chi connectivity index (χ1) is 12.5. The molecule has 0 bridgehead atoms. The lowest BCUT2D eigenvalue weighted by molar-refractivity contribution is -0.136. The Hall–Kier alpha value is -2.89. The molecule has 1 aliphatic rings. The van der Waals surface area contributed by atoms with Gasteiger partial charge in [0.2, 0.25) is 17.7 Å². The van der Waals surface area contributed by atoms with Crippen LogP contribution in [0.15, 0.2) is 42.5 Å². The quantitative estimate of drug-likeness (QED) is 0.846. The Labute approximate surface area is 152 Å². The van der Waals surface area contributed by atoms with E-state index in [-0.39, 0.29) is 36.6 Å². The van der Waals surface area contributed by atoms with Crippen LogP contribution in [0, 0.1) is 5.92 Å². The van der Waals surface area contributed by atoms with Gasteiger partial charge >= 0.3 is 0 Å². The van der Waals surface area contributed by atoms with Gasteiger partial charge in [-0.1, -0.05) is 42.5 Å². The summed E-state index contributed by atoms with van der Waals surface area (Å²) in [6.45, 7) is 0.879. The Morgan fingerprint density at radius 1 is 1.12 bits per heavy atom. The van der Waals surface area contributed by atoms with Gasteiger partial charge in [0.05, 0.1) is 18.9 Å². The van der Waals surface area contributed by atoms with Crippen molar-refractivity contribution in [2.75, 3.05) is 19.6 Å². The summed E-state index contributed by atoms with van der Waals surface area (Å²) in [5, 5.41) is 4.81. The number of amides is 3. The van der Waals surface area contributed by atoms with E-state index in [0.717, 1.165) is 22.8 Å². The Morgan fingerprint density at radius 2 is 1.88 bits per heavy atom. The minimum absolute atomic E-state index is 0.0604. The van der Waals surface area contributed by atoms with Gasteiger partial charge in [0.15, 0.2) is 0 Å². The van der Waals surface area contributed by atoms with Crippen molar-refractivity contribution in [3.05, 3.63) is 48.0 Å². The molecule has 3 N–H and O–H groups in total. The van der Waals surface area contributed by atoms with Gasteiger partial charge in [-0.05, 0) is 29.2 Å². The van der Waals surface area contributed by atoms with Crippen LogP contribution < -0.4 is 11.1 Å². The minimum atomic E-state index is -0.373. The molecule has 2 aromatic rings. The highest BCUT2D eigenvalue weighted by molar-refractivity contribution is 5.91. The SMILES string of the molecule is NC(=O)C1CCCN(C(=O)CNC(=O)Cc2cccc3ccccc23)C1. The summed E-state index contributed by atoms with van der Waals surface area (Å²) in [7, 11) is 0. The van der Waals surface area contributed by atoms with Crippen LogP contribution in [-0.4, -0.2) is 42.3 Å². The predicted molar refractivity (Wildman–Crippen MR) is 99.2 cm³/mol. The number of nitrogens with two attached hydrogens (primary N) is 1. The van der Waals surface area contributed by atoms with Crippen LogP contribution in [0.2, 0.25) is 0 Å². The number of hydrogen-bond acceptors (Lipinski definition) is 3. The molecule has 1 fully saturated rings. The average molecular weight is 353 g/mol. The number of nitrogens with zero attached hydrogens (tertiary/aromatic N) is 1. The molecule has 1 saturated heterocycles. The second-order valence-corrected chi connectivity index (χ2v) is 6.67. The molecular formula is C20H23N3O3. The van der Waals surface area contributed by atoms with Crippen molar-refractivity contribution in [2.24, 2.45) is 11.7 Å². The molecule has 26 heavy (non-hydrogen) atoms. The van der Waals surface area contributed by atoms with Crippen molar-refractivity contribution in [1.82, 2.24) is 10.2 Å². The monoisotopic (exact) mass is 353 g/mol. The molecule has 6 nitrogen and oxygen atoms in total. The van der Waals surface area contributed by atoms with E-state index in [0.29, 0.717) is 19.5 Å². The lowest BCUT2D eigenvalue weighted by Crippen LogP contribution is -2.47. The predicted octanol–water partition coefficient (Wildman–Crippen LogP) is 1.22. The second kappa shape index (κ2) is 7.99. The fraction of sp³-hybridized carbons (Fsp3) is 0.350. The fourth-order valence-electron chi connectivity index (χ4n) is 3.40. The van der Waals surface area contributed by atoms with E-state index >= 15 is 0 Å². The zero-order valence-electron chi connectivity index (χ0n) is 14.6. The Bertz CT molecular complexity index is 829. The third-order valence-electron chi connectivity index (χ3n) is 4.84. The van der Waals surface area contributed by atoms with Crippen molar-refractivity contribution in [3.8, 4) is 0 Å². The molecule has 0 aromatic heterocycles. The third-order valence-corrected chi connectivity index (χ3v) is 4.84. The summed E-state index contributed by atoms with van der Waals surface area (Å²) >= 11 is 0. The molecule has 136 valence electrons. The zero-order chi connectivity index (χ0) is 18.5. The largest absolute Gasteiger partial charge is 0.369 e. The summed E-state index contributed by atoms with van der Waals surface area (Å²) < 4.78 is 0. The Balaban J connectivity index is 1.55. The van der Waals surface area contributed by atoms with Crippen molar-refractivity contribution < 1.29 is 14.4 Å². The van der Waals surface area contributed by atoms with Gasteiger partial charge in [0, 0.05) is 13.1 Å². The molecule has 2 aromatic carbocycles. The van der Waals surface area contributed by atoms with Crippen molar-refractivity contribution in [1.29, 1.82) is 0 Å². The van der Waals surface area contributed by atoms with Gasteiger partial charge in [0.25, 0.3) is 0 Å². The van der Waals surface area contributed by atoms with Crippen LogP contribution in [0.25, 0.3) is 10.8 Å². The summed E-state index contributed by atoms with van der Waals surface area (Å²) in [6, 6.07) is 13.7. The van der Waals surface area contributed by atoms with E-state index in [9.17, 15) is 14.4 Å². The molecule has 1 aliphatic heterocycles. The summed E-state index contributed by atoms with van der Waals surface area (Å²) in [5.74, 6) is -1.04.